The van der Waals surface area contributed by atoms with E-state index < -0.39 is 20.9 Å². The van der Waals surface area contributed by atoms with Crippen LogP contribution in [0.5, 0.6) is 0 Å². The molecule has 0 aromatic heterocycles. The van der Waals surface area contributed by atoms with E-state index in [9.17, 15) is 12.8 Å². The molecule has 0 spiro atoms. The topological polar surface area (TPSA) is 49.4 Å². The quantitative estimate of drug-likeness (QED) is 0.838. The first-order valence-corrected chi connectivity index (χ1v) is 8.45. The zero-order valence-corrected chi connectivity index (χ0v) is 13.2. The summed E-state index contributed by atoms with van der Waals surface area (Å²) < 4.78 is 40.4. The first-order valence-electron chi connectivity index (χ1n) is 6.25. The Hall–Kier alpha value is -0.400. The molecule has 112 valence electrons. The number of rotatable bonds is 5. The van der Waals surface area contributed by atoms with Crippen LogP contribution in [0.2, 0.25) is 10.0 Å². The molecule has 0 saturated carbocycles. The van der Waals surface area contributed by atoms with Crippen LogP contribution in [0.15, 0.2) is 17.0 Å². The maximum Gasteiger partial charge on any atom is 0.245 e. The van der Waals surface area contributed by atoms with Crippen molar-refractivity contribution in [3.8, 4) is 0 Å². The third-order valence-corrected chi connectivity index (χ3v) is 5.97. The first-order chi connectivity index (χ1) is 9.39. The fourth-order valence-corrected chi connectivity index (χ4v) is 4.47. The van der Waals surface area contributed by atoms with Crippen molar-refractivity contribution in [2.24, 2.45) is 0 Å². The summed E-state index contributed by atoms with van der Waals surface area (Å²) in [6.07, 6.45) is 0.670. The molecule has 20 heavy (non-hydrogen) atoms. The van der Waals surface area contributed by atoms with Gasteiger partial charge in [-0.15, -0.1) is 0 Å². The SMILES string of the molecule is CCCN(C1CNC1)S(=O)(=O)c1ccc(Cl)c(F)c1Cl. The van der Waals surface area contributed by atoms with Crippen molar-refractivity contribution in [2.75, 3.05) is 19.6 Å². The number of sulfonamides is 1. The predicted molar refractivity (Wildman–Crippen MR) is 77.3 cm³/mol. The Kier molecular flexibility index (Phi) is 4.92. The van der Waals surface area contributed by atoms with Crippen molar-refractivity contribution in [2.45, 2.75) is 24.3 Å². The van der Waals surface area contributed by atoms with Crippen molar-refractivity contribution in [3.63, 3.8) is 0 Å². The lowest BCUT2D eigenvalue weighted by atomic mass is 10.2. The van der Waals surface area contributed by atoms with Gasteiger partial charge in [-0.3, -0.25) is 0 Å². The number of halogens is 3. The summed E-state index contributed by atoms with van der Waals surface area (Å²) in [5, 5.41) is 2.38. The summed E-state index contributed by atoms with van der Waals surface area (Å²) in [5.41, 5.74) is 0. The van der Waals surface area contributed by atoms with Crippen LogP contribution >= 0.6 is 23.2 Å². The second-order valence-corrected chi connectivity index (χ2v) is 7.25. The summed E-state index contributed by atoms with van der Waals surface area (Å²) in [4.78, 5) is -0.235. The normalized spacial score (nSPS) is 16.4. The van der Waals surface area contributed by atoms with E-state index in [2.05, 4.69) is 5.32 Å². The van der Waals surface area contributed by atoms with Crippen molar-refractivity contribution in [1.29, 1.82) is 0 Å². The lowest BCUT2D eigenvalue weighted by molar-refractivity contribution is 0.242. The minimum Gasteiger partial charge on any atom is -0.313 e. The number of nitrogens with zero attached hydrogens (tertiary/aromatic N) is 1. The second kappa shape index (κ2) is 6.15. The highest BCUT2D eigenvalue weighted by Crippen LogP contribution is 2.32. The van der Waals surface area contributed by atoms with E-state index in [1.54, 1.807) is 0 Å². The number of benzene rings is 1. The fourth-order valence-electron chi connectivity index (χ4n) is 2.03. The molecule has 1 aliphatic rings. The maximum absolute atomic E-state index is 13.7. The van der Waals surface area contributed by atoms with Gasteiger partial charge in [0.25, 0.3) is 0 Å². The van der Waals surface area contributed by atoms with Gasteiger partial charge in [0.2, 0.25) is 10.0 Å². The van der Waals surface area contributed by atoms with Crippen molar-refractivity contribution >= 4 is 33.2 Å². The first kappa shape index (κ1) is 16.0. The summed E-state index contributed by atoms with van der Waals surface area (Å²) in [6, 6.07) is 2.34. The molecule has 1 aliphatic heterocycles. The lowest BCUT2D eigenvalue weighted by Gasteiger charge is -2.37. The third-order valence-electron chi connectivity index (χ3n) is 3.20. The largest absolute Gasteiger partial charge is 0.313 e. The minimum absolute atomic E-state index is 0.116. The Morgan fingerprint density at radius 1 is 1.40 bits per heavy atom. The average molecular weight is 341 g/mol. The van der Waals surface area contributed by atoms with E-state index >= 15 is 0 Å². The minimum atomic E-state index is -3.83. The van der Waals surface area contributed by atoms with Crippen LogP contribution in [-0.4, -0.2) is 38.4 Å². The summed E-state index contributed by atoms with van der Waals surface area (Å²) in [7, 11) is -3.83. The van der Waals surface area contributed by atoms with Gasteiger partial charge >= 0.3 is 0 Å². The van der Waals surface area contributed by atoms with Gasteiger partial charge in [0.1, 0.15) is 4.90 Å². The summed E-state index contributed by atoms with van der Waals surface area (Å²) in [6.45, 7) is 3.44. The van der Waals surface area contributed by atoms with Crippen LogP contribution in [-0.2, 0) is 10.0 Å². The van der Waals surface area contributed by atoms with Gasteiger partial charge in [0.15, 0.2) is 5.82 Å². The smallest absolute Gasteiger partial charge is 0.245 e. The number of hydrogen-bond donors (Lipinski definition) is 1. The van der Waals surface area contributed by atoms with Gasteiger partial charge in [0.05, 0.1) is 16.1 Å². The number of hydrogen-bond acceptors (Lipinski definition) is 3. The Morgan fingerprint density at radius 3 is 2.55 bits per heavy atom. The molecular formula is C12H15Cl2FN2O2S. The van der Waals surface area contributed by atoms with Crippen LogP contribution in [0.3, 0.4) is 0 Å². The van der Waals surface area contributed by atoms with Crippen LogP contribution in [0.1, 0.15) is 13.3 Å². The van der Waals surface area contributed by atoms with E-state index in [-0.39, 0.29) is 16.0 Å². The molecule has 8 heteroatoms. The van der Waals surface area contributed by atoms with E-state index in [1.807, 2.05) is 6.92 Å². The molecule has 1 fully saturated rings. The van der Waals surface area contributed by atoms with E-state index in [0.717, 1.165) is 0 Å². The van der Waals surface area contributed by atoms with Crippen LogP contribution < -0.4 is 5.32 Å². The van der Waals surface area contributed by atoms with Gasteiger partial charge in [-0.25, -0.2) is 12.8 Å². The van der Waals surface area contributed by atoms with Gasteiger partial charge < -0.3 is 5.32 Å². The van der Waals surface area contributed by atoms with Crippen molar-refractivity contribution in [1.82, 2.24) is 9.62 Å². The highest BCUT2D eigenvalue weighted by Gasteiger charge is 2.36. The van der Waals surface area contributed by atoms with E-state index in [1.165, 1.54) is 16.4 Å². The fraction of sp³-hybridized carbons (Fsp3) is 0.500. The molecule has 0 unspecified atom stereocenters. The van der Waals surface area contributed by atoms with Gasteiger partial charge in [-0.1, -0.05) is 30.1 Å². The van der Waals surface area contributed by atoms with E-state index in [4.69, 9.17) is 23.2 Å². The summed E-state index contributed by atoms with van der Waals surface area (Å²) in [5.74, 6) is -0.905. The zero-order chi connectivity index (χ0) is 14.9. The molecule has 1 aromatic rings. The molecule has 1 aromatic carbocycles. The van der Waals surface area contributed by atoms with Crippen LogP contribution in [0, 0.1) is 5.82 Å². The Labute approximate surface area is 127 Å². The molecule has 1 N–H and O–H groups in total. The van der Waals surface area contributed by atoms with Crippen molar-refractivity contribution in [3.05, 3.63) is 28.0 Å². The average Bonchev–Trinajstić information content (AvgIpc) is 2.33. The highest BCUT2D eigenvalue weighted by atomic mass is 35.5. The Balaban J connectivity index is 2.45. The van der Waals surface area contributed by atoms with Gasteiger partial charge in [-0.2, -0.15) is 4.31 Å². The van der Waals surface area contributed by atoms with Crippen LogP contribution in [0.25, 0.3) is 0 Å². The second-order valence-electron chi connectivity index (χ2n) is 4.60. The van der Waals surface area contributed by atoms with E-state index in [0.29, 0.717) is 26.1 Å². The molecular weight excluding hydrogens is 326 g/mol. The molecule has 0 amide bonds. The lowest BCUT2D eigenvalue weighted by Crippen LogP contribution is -2.58. The molecule has 4 nitrogen and oxygen atoms in total. The molecule has 0 radical (unpaired) electrons. The number of nitrogens with one attached hydrogen (secondary N) is 1. The van der Waals surface area contributed by atoms with Gasteiger partial charge in [0, 0.05) is 19.6 Å². The molecule has 0 atom stereocenters. The molecule has 1 saturated heterocycles. The summed E-state index contributed by atoms with van der Waals surface area (Å²) >= 11 is 11.4. The Bertz CT molecular complexity index is 606. The molecule has 1 heterocycles. The molecule has 2 rings (SSSR count). The Morgan fingerprint density at radius 2 is 2.05 bits per heavy atom. The van der Waals surface area contributed by atoms with Crippen LogP contribution in [0.4, 0.5) is 4.39 Å². The maximum atomic E-state index is 13.7. The highest BCUT2D eigenvalue weighted by molar-refractivity contribution is 7.89. The predicted octanol–water partition coefficient (Wildman–Crippen LogP) is 2.51. The molecule has 0 bridgehead atoms. The van der Waals surface area contributed by atoms with Gasteiger partial charge in [-0.05, 0) is 18.6 Å². The molecule has 0 aliphatic carbocycles. The zero-order valence-electron chi connectivity index (χ0n) is 10.9. The van der Waals surface area contributed by atoms with Crippen molar-refractivity contribution < 1.29 is 12.8 Å². The third kappa shape index (κ3) is 2.80. The monoisotopic (exact) mass is 340 g/mol. The standard InChI is InChI=1S/C12H15Cl2FN2O2S/c1-2-5-17(8-6-16-7-8)20(18,19)10-4-3-9(13)12(15)11(10)14/h3-4,8,16H,2,5-7H2,1H3.